The van der Waals surface area contributed by atoms with Crippen LogP contribution in [0.25, 0.3) is 11.3 Å². The first-order chi connectivity index (χ1) is 8.58. The van der Waals surface area contributed by atoms with Gasteiger partial charge in [0.25, 0.3) is 0 Å². The zero-order chi connectivity index (χ0) is 12.9. The summed E-state index contributed by atoms with van der Waals surface area (Å²) in [6, 6.07) is 0.451. The van der Waals surface area contributed by atoms with E-state index in [4.69, 9.17) is 10.7 Å². The van der Waals surface area contributed by atoms with E-state index in [0.717, 1.165) is 35.0 Å². The zero-order valence-corrected chi connectivity index (χ0v) is 11.1. The molecule has 5 heteroatoms. The largest absolute Gasteiger partial charge is 0.383 e. The van der Waals surface area contributed by atoms with Crippen molar-refractivity contribution in [1.82, 2.24) is 19.3 Å². The summed E-state index contributed by atoms with van der Waals surface area (Å²) in [4.78, 5) is 4.73. The van der Waals surface area contributed by atoms with Gasteiger partial charge in [-0.25, -0.2) is 4.98 Å². The van der Waals surface area contributed by atoms with Crippen LogP contribution in [0.3, 0.4) is 0 Å². The van der Waals surface area contributed by atoms with Crippen molar-refractivity contribution in [2.75, 3.05) is 5.73 Å². The number of nitrogens with two attached hydrogens (primary N) is 1. The summed E-state index contributed by atoms with van der Waals surface area (Å²) in [7, 11) is 1.92. The number of aryl methyl sites for hydroxylation is 3. The summed E-state index contributed by atoms with van der Waals surface area (Å²) in [5, 5.41) is 4.37. The molecule has 1 aliphatic rings. The Balaban J connectivity index is 2.17. The molecule has 0 aliphatic carbocycles. The Hall–Kier alpha value is -1.78. The lowest BCUT2D eigenvalue weighted by molar-refractivity contribution is 0.430. The van der Waals surface area contributed by atoms with Crippen molar-refractivity contribution >= 4 is 5.82 Å². The maximum atomic E-state index is 6.29. The van der Waals surface area contributed by atoms with Gasteiger partial charge in [0.1, 0.15) is 17.3 Å². The molecule has 0 radical (unpaired) electrons. The molecule has 1 aliphatic heterocycles. The number of aromatic nitrogens is 4. The normalized spacial score (nSPS) is 18.9. The third-order valence-electron chi connectivity index (χ3n) is 3.75. The lowest BCUT2D eigenvalue weighted by Crippen LogP contribution is -2.16. The number of hydrogen-bond donors (Lipinski definition) is 1. The van der Waals surface area contributed by atoms with Crippen molar-refractivity contribution in [2.45, 2.75) is 39.2 Å². The van der Waals surface area contributed by atoms with Crippen LogP contribution >= 0.6 is 0 Å². The van der Waals surface area contributed by atoms with Crippen molar-refractivity contribution in [3.8, 4) is 11.3 Å². The van der Waals surface area contributed by atoms with Gasteiger partial charge in [0.15, 0.2) is 0 Å². The molecule has 3 heterocycles. The van der Waals surface area contributed by atoms with Gasteiger partial charge in [-0.2, -0.15) is 5.10 Å². The van der Waals surface area contributed by atoms with Gasteiger partial charge in [0.05, 0.1) is 5.69 Å². The smallest absolute Gasteiger partial charge is 0.132 e. The predicted molar refractivity (Wildman–Crippen MR) is 71.2 cm³/mol. The minimum Gasteiger partial charge on any atom is -0.383 e. The molecule has 0 fully saturated rings. The number of imidazole rings is 1. The van der Waals surface area contributed by atoms with Crippen molar-refractivity contribution < 1.29 is 0 Å². The van der Waals surface area contributed by atoms with Gasteiger partial charge in [-0.15, -0.1) is 0 Å². The SMILES string of the molecule is Cc1nn(C)cc1-c1nc2n(c1N)C(C)CCC2. The van der Waals surface area contributed by atoms with E-state index in [2.05, 4.69) is 16.6 Å². The van der Waals surface area contributed by atoms with Crippen LogP contribution in [0.15, 0.2) is 6.20 Å². The van der Waals surface area contributed by atoms with E-state index in [1.54, 1.807) is 0 Å². The first kappa shape index (κ1) is 11.3. The molecule has 3 rings (SSSR count). The number of rotatable bonds is 1. The second-order valence-electron chi connectivity index (χ2n) is 5.17. The number of hydrogen-bond acceptors (Lipinski definition) is 3. The van der Waals surface area contributed by atoms with Gasteiger partial charge in [-0.05, 0) is 26.7 Å². The number of nitrogens with zero attached hydrogens (tertiary/aromatic N) is 4. The van der Waals surface area contributed by atoms with Crippen molar-refractivity contribution in [3.05, 3.63) is 17.7 Å². The Kier molecular flexibility index (Phi) is 2.43. The Morgan fingerprint density at radius 2 is 2.22 bits per heavy atom. The van der Waals surface area contributed by atoms with E-state index in [1.807, 2.05) is 24.9 Å². The van der Waals surface area contributed by atoms with Crippen molar-refractivity contribution in [1.29, 1.82) is 0 Å². The second-order valence-corrected chi connectivity index (χ2v) is 5.17. The molecular weight excluding hydrogens is 226 g/mol. The monoisotopic (exact) mass is 245 g/mol. The van der Waals surface area contributed by atoms with E-state index in [0.29, 0.717) is 6.04 Å². The third kappa shape index (κ3) is 1.54. The van der Waals surface area contributed by atoms with Gasteiger partial charge in [-0.3, -0.25) is 4.68 Å². The highest BCUT2D eigenvalue weighted by Gasteiger charge is 2.24. The summed E-state index contributed by atoms with van der Waals surface area (Å²) < 4.78 is 4.00. The molecule has 1 unspecified atom stereocenters. The van der Waals surface area contributed by atoms with Gasteiger partial charge in [-0.1, -0.05) is 0 Å². The maximum absolute atomic E-state index is 6.29. The van der Waals surface area contributed by atoms with Crippen LogP contribution in [0.2, 0.25) is 0 Å². The molecule has 1 atom stereocenters. The summed E-state index contributed by atoms with van der Waals surface area (Å²) in [5.41, 5.74) is 9.21. The summed E-state index contributed by atoms with van der Waals surface area (Å²) in [6.07, 6.45) is 5.39. The predicted octanol–water partition coefficient (Wildman–Crippen LogP) is 2.07. The van der Waals surface area contributed by atoms with E-state index < -0.39 is 0 Å². The summed E-state index contributed by atoms with van der Waals surface area (Å²) in [5.74, 6) is 1.90. The molecule has 0 amide bonds. The first-order valence-electron chi connectivity index (χ1n) is 6.45. The molecule has 0 spiro atoms. The van der Waals surface area contributed by atoms with E-state index in [1.165, 1.54) is 12.8 Å². The highest BCUT2D eigenvalue weighted by molar-refractivity contribution is 5.72. The Morgan fingerprint density at radius 1 is 1.44 bits per heavy atom. The van der Waals surface area contributed by atoms with Crippen LogP contribution in [0.5, 0.6) is 0 Å². The molecule has 5 nitrogen and oxygen atoms in total. The number of fused-ring (bicyclic) bond motifs is 1. The van der Waals surface area contributed by atoms with E-state index in [-0.39, 0.29) is 0 Å². The number of anilines is 1. The van der Waals surface area contributed by atoms with Crippen LogP contribution in [-0.4, -0.2) is 19.3 Å². The topological polar surface area (TPSA) is 61.7 Å². The molecule has 0 saturated carbocycles. The maximum Gasteiger partial charge on any atom is 0.132 e. The Labute approximate surface area is 107 Å². The molecule has 2 aromatic rings. The fourth-order valence-corrected chi connectivity index (χ4v) is 2.88. The molecule has 0 aromatic carbocycles. The molecule has 18 heavy (non-hydrogen) atoms. The van der Waals surface area contributed by atoms with Crippen LogP contribution in [0.1, 0.15) is 37.3 Å². The van der Waals surface area contributed by atoms with E-state index >= 15 is 0 Å². The molecule has 2 N–H and O–H groups in total. The van der Waals surface area contributed by atoms with Crippen molar-refractivity contribution in [3.63, 3.8) is 0 Å². The van der Waals surface area contributed by atoms with E-state index in [9.17, 15) is 0 Å². The van der Waals surface area contributed by atoms with Crippen LogP contribution in [0.4, 0.5) is 5.82 Å². The van der Waals surface area contributed by atoms with Crippen molar-refractivity contribution in [2.24, 2.45) is 7.05 Å². The van der Waals surface area contributed by atoms with Gasteiger partial charge >= 0.3 is 0 Å². The lowest BCUT2D eigenvalue weighted by Gasteiger charge is -2.22. The number of nitrogen functional groups attached to an aromatic ring is 1. The highest BCUT2D eigenvalue weighted by Crippen LogP contribution is 2.34. The highest BCUT2D eigenvalue weighted by atomic mass is 15.3. The lowest BCUT2D eigenvalue weighted by atomic mass is 10.1. The molecule has 0 bridgehead atoms. The van der Waals surface area contributed by atoms with Crippen LogP contribution in [0, 0.1) is 6.92 Å². The third-order valence-corrected chi connectivity index (χ3v) is 3.75. The minimum absolute atomic E-state index is 0.451. The average molecular weight is 245 g/mol. The second kappa shape index (κ2) is 3.86. The molecule has 96 valence electrons. The fourth-order valence-electron chi connectivity index (χ4n) is 2.88. The average Bonchev–Trinajstić information content (AvgIpc) is 2.80. The fraction of sp³-hybridized carbons (Fsp3) is 0.538. The Morgan fingerprint density at radius 3 is 2.83 bits per heavy atom. The molecule has 0 saturated heterocycles. The molecule has 2 aromatic heterocycles. The summed E-state index contributed by atoms with van der Waals surface area (Å²) in [6.45, 7) is 4.21. The minimum atomic E-state index is 0.451. The van der Waals surface area contributed by atoms with Crippen LogP contribution < -0.4 is 5.73 Å². The van der Waals surface area contributed by atoms with Gasteiger partial charge < -0.3 is 10.3 Å². The van der Waals surface area contributed by atoms with Gasteiger partial charge in [0, 0.05) is 31.3 Å². The standard InChI is InChI=1S/C13H19N5/c1-8-5-4-6-11-15-12(13(14)18(8)11)10-7-17(3)16-9(10)2/h7-8H,4-6,14H2,1-3H3. The van der Waals surface area contributed by atoms with Gasteiger partial charge in [0.2, 0.25) is 0 Å². The zero-order valence-electron chi connectivity index (χ0n) is 11.1. The van der Waals surface area contributed by atoms with Crippen LogP contribution in [-0.2, 0) is 13.5 Å². The molecular formula is C13H19N5. The quantitative estimate of drug-likeness (QED) is 0.836. The summed E-state index contributed by atoms with van der Waals surface area (Å²) >= 11 is 0. The first-order valence-corrected chi connectivity index (χ1v) is 6.45. The Bertz CT molecular complexity index is 593.